The average molecular weight is 306 g/mol. The lowest BCUT2D eigenvalue weighted by atomic mass is 9.45. The molecule has 0 aliphatic heterocycles. The molecule has 2 saturated carbocycles. The molecule has 0 aromatic rings. The van der Waals surface area contributed by atoms with E-state index in [-0.39, 0.29) is 23.4 Å². The van der Waals surface area contributed by atoms with E-state index in [1.165, 1.54) is 0 Å². The molecule has 2 fully saturated rings. The Hall–Kier alpha value is -0.600. The van der Waals surface area contributed by atoms with Gasteiger partial charge in [0.25, 0.3) is 0 Å². The first-order chi connectivity index (χ1) is 10.2. The maximum atomic E-state index is 11.0. The van der Waals surface area contributed by atoms with Crippen molar-refractivity contribution in [2.75, 3.05) is 6.61 Å². The number of hydrogen-bond acceptors (Lipinski definition) is 2. The Morgan fingerprint density at radius 2 is 1.91 bits per heavy atom. The van der Waals surface area contributed by atoms with Crippen LogP contribution in [0.2, 0.25) is 0 Å². The van der Waals surface area contributed by atoms with Crippen LogP contribution in [0.25, 0.3) is 0 Å². The first kappa shape index (κ1) is 17.7. The highest BCUT2D eigenvalue weighted by molar-refractivity contribution is 5.13. The summed E-state index contributed by atoms with van der Waals surface area (Å²) in [5.41, 5.74) is 0.568. The summed E-state index contributed by atoms with van der Waals surface area (Å²) in [5.74, 6) is 0.766. The van der Waals surface area contributed by atoms with Crippen LogP contribution >= 0.6 is 0 Å². The van der Waals surface area contributed by atoms with E-state index >= 15 is 0 Å². The molecule has 22 heavy (non-hydrogen) atoms. The number of allylic oxidation sites excluding steroid dienone is 2. The zero-order valence-electron chi connectivity index (χ0n) is 14.7. The molecule has 0 aromatic heterocycles. The minimum absolute atomic E-state index is 0.0111. The predicted molar refractivity (Wildman–Crippen MR) is 92.6 cm³/mol. The third-order valence-corrected chi connectivity index (χ3v) is 6.99. The van der Waals surface area contributed by atoms with Gasteiger partial charge in [0.05, 0.1) is 5.60 Å². The van der Waals surface area contributed by atoms with Crippen LogP contribution in [0.1, 0.15) is 65.7 Å². The SMILES string of the molecule is C=CC(=C)CC[C@H]1[C@]2(C)CCC[C@](C)(CO)[C@H]2CC[C@]1(C)O. The normalized spacial score (nSPS) is 45.1. The van der Waals surface area contributed by atoms with Gasteiger partial charge in [0.1, 0.15) is 0 Å². The summed E-state index contributed by atoms with van der Waals surface area (Å²) >= 11 is 0. The predicted octanol–water partition coefficient (Wildman–Crippen LogP) is 4.47. The van der Waals surface area contributed by atoms with E-state index in [4.69, 9.17) is 0 Å². The second kappa shape index (κ2) is 6.13. The molecule has 2 heteroatoms. The summed E-state index contributed by atoms with van der Waals surface area (Å²) in [6, 6.07) is 0. The van der Waals surface area contributed by atoms with Crippen molar-refractivity contribution < 1.29 is 10.2 Å². The van der Waals surface area contributed by atoms with Crippen molar-refractivity contribution in [1.82, 2.24) is 0 Å². The number of rotatable bonds is 5. The molecule has 126 valence electrons. The number of hydrogen-bond donors (Lipinski definition) is 2. The second-order valence-corrected chi connectivity index (χ2v) is 8.57. The standard InChI is InChI=1S/C20H34O2/c1-6-15(2)8-9-17-19(4)12-7-11-18(3,14-21)16(19)10-13-20(17,5)22/h6,16-17,21-22H,1-2,7-14H2,3-5H3/t16-,17+,18-,19-,20+/m1/s1. The molecule has 2 aliphatic carbocycles. The van der Waals surface area contributed by atoms with Crippen LogP contribution in [0.3, 0.4) is 0 Å². The van der Waals surface area contributed by atoms with Gasteiger partial charge >= 0.3 is 0 Å². The highest BCUT2D eigenvalue weighted by Gasteiger charge is 2.58. The lowest BCUT2D eigenvalue weighted by Crippen LogP contribution is -2.58. The van der Waals surface area contributed by atoms with E-state index in [0.717, 1.165) is 50.5 Å². The lowest BCUT2D eigenvalue weighted by Gasteiger charge is -2.61. The Morgan fingerprint density at radius 1 is 1.23 bits per heavy atom. The van der Waals surface area contributed by atoms with E-state index < -0.39 is 5.60 Å². The van der Waals surface area contributed by atoms with E-state index in [2.05, 4.69) is 27.0 Å². The van der Waals surface area contributed by atoms with Crippen LogP contribution < -0.4 is 0 Å². The smallest absolute Gasteiger partial charge is 0.0653 e. The topological polar surface area (TPSA) is 40.5 Å². The lowest BCUT2D eigenvalue weighted by molar-refractivity contribution is -0.179. The summed E-state index contributed by atoms with van der Waals surface area (Å²) in [4.78, 5) is 0. The average Bonchev–Trinajstić information content (AvgIpc) is 2.45. The van der Waals surface area contributed by atoms with Crippen LogP contribution in [-0.2, 0) is 0 Å². The highest BCUT2D eigenvalue weighted by Crippen LogP contribution is 2.62. The maximum Gasteiger partial charge on any atom is 0.0653 e. The molecule has 0 heterocycles. The fraction of sp³-hybridized carbons (Fsp3) is 0.800. The molecule has 0 spiro atoms. The molecular weight excluding hydrogens is 272 g/mol. The van der Waals surface area contributed by atoms with Gasteiger partial charge in [-0.2, -0.15) is 0 Å². The molecule has 2 N–H and O–H groups in total. The number of aliphatic hydroxyl groups excluding tert-OH is 1. The van der Waals surface area contributed by atoms with Gasteiger partial charge in [-0.1, -0.05) is 45.1 Å². The summed E-state index contributed by atoms with van der Waals surface area (Å²) < 4.78 is 0. The fourth-order valence-corrected chi connectivity index (χ4v) is 5.70. The van der Waals surface area contributed by atoms with Crippen LogP contribution in [0.5, 0.6) is 0 Å². The molecular formula is C20H34O2. The van der Waals surface area contributed by atoms with Crippen LogP contribution in [0.4, 0.5) is 0 Å². The van der Waals surface area contributed by atoms with Crippen molar-refractivity contribution in [1.29, 1.82) is 0 Å². The minimum atomic E-state index is -0.611. The maximum absolute atomic E-state index is 11.0. The Labute approximate surface area is 136 Å². The molecule has 2 aliphatic rings. The minimum Gasteiger partial charge on any atom is -0.396 e. The summed E-state index contributed by atoms with van der Waals surface area (Å²) in [6.45, 7) is 14.7. The van der Waals surface area contributed by atoms with Gasteiger partial charge in [-0.25, -0.2) is 0 Å². The Morgan fingerprint density at radius 3 is 2.50 bits per heavy atom. The molecule has 2 nitrogen and oxygen atoms in total. The Bertz CT molecular complexity index is 439. The van der Waals surface area contributed by atoms with Gasteiger partial charge in [-0.3, -0.25) is 0 Å². The second-order valence-electron chi connectivity index (χ2n) is 8.57. The summed E-state index contributed by atoms with van der Waals surface area (Å²) in [5, 5.41) is 21.0. The third kappa shape index (κ3) is 2.92. The van der Waals surface area contributed by atoms with Gasteiger partial charge in [0.15, 0.2) is 0 Å². The monoisotopic (exact) mass is 306 g/mol. The molecule has 2 rings (SSSR count). The van der Waals surface area contributed by atoms with E-state index in [0.29, 0.717) is 5.92 Å². The van der Waals surface area contributed by atoms with Crippen molar-refractivity contribution in [3.63, 3.8) is 0 Å². The van der Waals surface area contributed by atoms with Gasteiger partial charge in [0.2, 0.25) is 0 Å². The molecule has 0 amide bonds. The highest BCUT2D eigenvalue weighted by atomic mass is 16.3. The van der Waals surface area contributed by atoms with Crippen molar-refractivity contribution in [3.8, 4) is 0 Å². The first-order valence-corrected chi connectivity index (χ1v) is 8.83. The van der Waals surface area contributed by atoms with E-state index in [9.17, 15) is 10.2 Å². The molecule has 0 unspecified atom stereocenters. The quantitative estimate of drug-likeness (QED) is 0.735. The van der Waals surface area contributed by atoms with Crippen molar-refractivity contribution in [2.45, 2.75) is 71.3 Å². The van der Waals surface area contributed by atoms with Gasteiger partial charge in [-0.15, -0.1) is 0 Å². The van der Waals surface area contributed by atoms with Crippen LogP contribution in [0.15, 0.2) is 24.8 Å². The zero-order valence-corrected chi connectivity index (χ0v) is 14.7. The summed E-state index contributed by atoms with van der Waals surface area (Å²) in [6.07, 6.45) is 8.99. The fourth-order valence-electron chi connectivity index (χ4n) is 5.70. The van der Waals surface area contributed by atoms with Crippen LogP contribution in [-0.4, -0.2) is 22.4 Å². The van der Waals surface area contributed by atoms with Crippen molar-refractivity contribution >= 4 is 0 Å². The van der Waals surface area contributed by atoms with Gasteiger partial charge in [0, 0.05) is 6.61 Å². The summed E-state index contributed by atoms with van der Waals surface area (Å²) in [7, 11) is 0. The van der Waals surface area contributed by atoms with Gasteiger partial charge in [-0.05, 0) is 68.1 Å². The third-order valence-electron chi connectivity index (χ3n) is 6.99. The first-order valence-electron chi connectivity index (χ1n) is 8.83. The Balaban J connectivity index is 2.30. The molecule has 0 radical (unpaired) electrons. The molecule has 0 saturated heterocycles. The van der Waals surface area contributed by atoms with Gasteiger partial charge < -0.3 is 10.2 Å². The van der Waals surface area contributed by atoms with Crippen molar-refractivity contribution in [2.24, 2.45) is 22.7 Å². The zero-order chi connectivity index (χ0) is 16.6. The van der Waals surface area contributed by atoms with Crippen molar-refractivity contribution in [3.05, 3.63) is 24.8 Å². The largest absolute Gasteiger partial charge is 0.396 e. The van der Waals surface area contributed by atoms with E-state index in [1.807, 2.05) is 13.0 Å². The number of fused-ring (bicyclic) bond motifs is 1. The van der Waals surface area contributed by atoms with E-state index in [1.54, 1.807) is 0 Å². The molecule has 5 atom stereocenters. The Kier molecular flexibility index (Phi) is 4.94. The number of aliphatic hydroxyl groups is 2. The molecule has 0 aromatic carbocycles. The van der Waals surface area contributed by atoms with Crippen LogP contribution in [0, 0.1) is 22.7 Å². The molecule has 0 bridgehead atoms.